The molecular formula is C22H21NO4. The van der Waals surface area contributed by atoms with Crippen LogP contribution in [0.5, 0.6) is 11.5 Å². The van der Waals surface area contributed by atoms with Crippen molar-refractivity contribution in [2.75, 3.05) is 13.7 Å². The minimum absolute atomic E-state index is 0.242. The highest BCUT2D eigenvalue weighted by atomic mass is 16.6. The molecule has 2 aromatic rings. The van der Waals surface area contributed by atoms with E-state index in [-0.39, 0.29) is 5.70 Å². The van der Waals surface area contributed by atoms with Gasteiger partial charge in [0.05, 0.1) is 7.11 Å². The van der Waals surface area contributed by atoms with Crippen LogP contribution in [0, 0.1) is 6.92 Å². The topological polar surface area (TPSA) is 57.1 Å². The number of aliphatic imine (C=N–C) groups is 1. The molecule has 0 aromatic heterocycles. The van der Waals surface area contributed by atoms with Gasteiger partial charge in [0.1, 0.15) is 6.61 Å². The van der Waals surface area contributed by atoms with E-state index in [2.05, 4.69) is 11.6 Å². The molecule has 27 heavy (non-hydrogen) atoms. The molecule has 1 heterocycles. The largest absolute Gasteiger partial charge is 0.493 e. The number of hydrogen-bond acceptors (Lipinski definition) is 5. The average Bonchev–Trinajstić information content (AvgIpc) is 3.01. The van der Waals surface area contributed by atoms with Crippen LogP contribution in [0.3, 0.4) is 0 Å². The molecule has 0 aliphatic carbocycles. The van der Waals surface area contributed by atoms with Crippen LogP contribution in [0.15, 0.2) is 65.3 Å². The van der Waals surface area contributed by atoms with Crippen LogP contribution in [-0.4, -0.2) is 25.6 Å². The van der Waals surface area contributed by atoms with Crippen LogP contribution in [0.2, 0.25) is 0 Å². The molecule has 5 heteroatoms. The van der Waals surface area contributed by atoms with Crippen molar-refractivity contribution in [3.8, 4) is 11.5 Å². The number of benzene rings is 2. The third kappa shape index (κ3) is 4.26. The Morgan fingerprint density at radius 3 is 2.70 bits per heavy atom. The average molecular weight is 363 g/mol. The van der Waals surface area contributed by atoms with Crippen LogP contribution in [0.25, 0.3) is 6.08 Å². The van der Waals surface area contributed by atoms with Crippen LogP contribution < -0.4 is 9.47 Å². The third-order valence-corrected chi connectivity index (χ3v) is 3.96. The molecule has 1 aliphatic heterocycles. The van der Waals surface area contributed by atoms with Gasteiger partial charge in [0.15, 0.2) is 17.2 Å². The second-order valence-electron chi connectivity index (χ2n) is 6.31. The summed E-state index contributed by atoms with van der Waals surface area (Å²) >= 11 is 0. The van der Waals surface area contributed by atoms with Crippen molar-refractivity contribution in [2.24, 2.45) is 4.99 Å². The molecule has 0 spiro atoms. The minimum Gasteiger partial charge on any atom is -0.493 e. The molecule has 138 valence electrons. The fourth-order valence-electron chi connectivity index (χ4n) is 2.59. The fraction of sp³-hybridized carbons (Fsp3) is 0.182. The zero-order valence-corrected chi connectivity index (χ0v) is 15.6. The van der Waals surface area contributed by atoms with Crippen molar-refractivity contribution in [3.05, 3.63) is 77.0 Å². The summed E-state index contributed by atoms with van der Waals surface area (Å²) in [7, 11) is 1.57. The lowest BCUT2D eigenvalue weighted by molar-refractivity contribution is -0.129. The van der Waals surface area contributed by atoms with Crippen molar-refractivity contribution in [2.45, 2.75) is 13.8 Å². The molecule has 2 aromatic carbocycles. The van der Waals surface area contributed by atoms with E-state index >= 15 is 0 Å². The van der Waals surface area contributed by atoms with E-state index in [0.29, 0.717) is 24.0 Å². The summed E-state index contributed by atoms with van der Waals surface area (Å²) < 4.78 is 16.4. The summed E-state index contributed by atoms with van der Waals surface area (Å²) in [5.74, 6) is 1.02. The number of methoxy groups -OCH3 is 1. The molecule has 5 nitrogen and oxygen atoms in total. The molecule has 0 bridgehead atoms. The number of aryl methyl sites for hydroxylation is 1. The van der Waals surface area contributed by atoms with E-state index in [1.54, 1.807) is 25.3 Å². The maximum Gasteiger partial charge on any atom is 0.363 e. The molecule has 0 saturated heterocycles. The smallest absolute Gasteiger partial charge is 0.363 e. The predicted molar refractivity (Wildman–Crippen MR) is 105 cm³/mol. The van der Waals surface area contributed by atoms with E-state index in [1.807, 2.05) is 44.2 Å². The summed E-state index contributed by atoms with van der Waals surface area (Å²) in [6.45, 7) is 8.06. The standard InChI is InChI=1S/C22H21NO4/c1-14(2)13-26-19-10-9-16(12-20(19)25-4)11-18-22(24)27-21(23-18)17-8-6-5-7-15(17)3/h5-12H,1,13H2,2-4H3/b18-11-. The zero-order chi connectivity index (χ0) is 19.4. The Hall–Kier alpha value is -3.34. The lowest BCUT2D eigenvalue weighted by Gasteiger charge is -2.11. The molecule has 0 atom stereocenters. The highest BCUT2D eigenvalue weighted by Gasteiger charge is 2.25. The van der Waals surface area contributed by atoms with Gasteiger partial charge in [-0.25, -0.2) is 9.79 Å². The highest BCUT2D eigenvalue weighted by Crippen LogP contribution is 2.30. The van der Waals surface area contributed by atoms with Crippen LogP contribution in [0.1, 0.15) is 23.6 Å². The summed E-state index contributed by atoms with van der Waals surface area (Å²) in [5.41, 5.74) is 3.71. The Balaban J connectivity index is 1.88. The Kier molecular flexibility index (Phi) is 5.41. The minimum atomic E-state index is -0.477. The number of nitrogens with zero attached hydrogens (tertiary/aromatic N) is 1. The maximum absolute atomic E-state index is 12.2. The van der Waals surface area contributed by atoms with E-state index in [1.165, 1.54) is 0 Å². The molecular weight excluding hydrogens is 342 g/mol. The van der Waals surface area contributed by atoms with Crippen LogP contribution >= 0.6 is 0 Å². The number of cyclic esters (lactones) is 1. The highest BCUT2D eigenvalue weighted by molar-refractivity contribution is 6.13. The van der Waals surface area contributed by atoms with E-state index < -0.39 is 5.97 Å². The van der Waals surface area contributed by atoms with Gasteiger partial charge >= 0.3 is 5.97 Å². The molecule has 0 saturated carbocycles. The fourth-order valence-corrected chi connectivity index (χ4v) is 2.59. The maximum atomic E-state index is 12.2. The van der Waals surface area contributed by atoms with Gasteiger partial charge in [-0.15, -0.1) is 0 Å². The molecule has 0 N–H and O–H groups in total. The predicted octanol–water partition coefficient (Wildman–Crippen LogP) is 4.30. The lowest BCUT2D eigenvalue weighted by atomic mass is 10.1. The van der Waals surface area contributed by atoms with E-state index in [9.17, 15) is 4.79 Å². The van der Waals surface area contributed by atoms with Crippen molar-refractivity contribution >= 4 is 17.9 Å². The van der Waals surface area contributed by atoms with Gasteiger partial charge in [-0.05, 0) is 54.8 Å². The van der Waals surface area contributed by atoms with Gasteiger partial charge in [0.2, 0.25) is 5.90 Å². The van der Waals surface area contributed by atoms with Crippen molar-refractivity contribution < 1.29 is 19.0 Å². The summed E-state index contributed by atoms with van der Waals surface area (Å²) in [4.78, 5) is 16.6. The molecule has 0 unspecified atom stereocenters. The lowest BCUT2D eigenvalue weighted by Crippen LogP contribution is -2.06. The molecule has 0 amide bonds. The number of rotatable bonds is 6. The van der Waals surface area contributed by atoms with Crippen molar-refractivity contribution in [1.82, 2.24) is 0 Å². The second-order valence-corrected chi connectivity index (χ2v) is 6.31. The van der Waals surface area contributed by atoms with Crippen molar-refractivity contribution in [3.63, 3.8) is 0 Å². The van der Waals surface area contributed by atoms with Crippen molar-refractivity contribution in [1.29, 1.82) is 0 Å². The number of carbonyl (C=O) groups excluding carboxylic acids is 1. The molecule has 1 aliphatic rings. The van der Waals surface area contributed by atoms with E-state index in [0.717, 1.165) is 22.3 Å². The summed E-state index contributed by atoms with van der Waals surface area (Å²) in [6, 6.07) is 13.0. The SMILES string of the molecule is C=C(C)COc1ccc(/C=C2\N=C(c3ccccc3C)OC2=O)cc1OC. The van der Waals surface area contributed by atoms with Gasteiger partial charge < -0.3 is 14.2 Å². The molecule has 0 radical (unpaired) electrons. The first kappa shape index (κ1) is 18.5. The molecule has 0 fully saturated rings. The van der Waals surface area contributed by atoms with Crippen LogP contribution in [-0.2, 0) is 9.53 Å². The van der Waals surface area contributed by atoms with Gasteiger partial charge in [0.25, 0.3) is 0 Å². The van der Waals surface area contributed by atoms with Gasteiger partial charge in [0, 0.05) is 5.56 Å². The zero-order valence-electron chi connectivity index (χ0n) is 15.6. The summed E-state index contributed by atoms with van der Waals surface area (Å²) in [5, 5.41) is 0. The first-order valence-electron chi connectivity index (χ1n) is 8.51. The van der Waals surface area contributed by atoms with Gasteiger partial charge in [-0.1, -0.05) is 30.8 Å². The first-order chi connectivity index (χ1) is 13.0. The Morgan fingerprint density at radius 2 is 2.00 bits per heavy atom. The first-order valence-corrected chi connectivity index (χ1v) is 8.51. The van der Waals surface area contributed by atoms with Crippen LogP contribution in [0.4, 0.5) is 0 Å². The second kappa shape index (κ2) is 7.91. The van der Waals surface area contributed by atoms with E-state index in [4.69, 9.17) is 14.2 Å². The Morgan fingerprint density at radius 1 is 1.22 bits per heavy atom. The monoisotopic (exact) mass is 363 g/mol. The summed E-state index contributed by atoms with van der Waals surface area (Å²) in [6.07, 6.45) is 1.67. The normalized spacial score (nSPS) is 14.7. The molecule has 3 rings (SSSR count). The number of ether oxygens (including phenoxy) is 3. The van der Waals surface area contributed by atoms with Gasteiger partial charge in [-0.2, -0.15) is 0 Å². The number of carbonyl (C=O) groups is 1. The quantitative estimate of drug-likeness (QED) is 0.436. The third-order valence-electron chi connectivity index (χ3n) is 3.96. The Labute approximate surface area is 158 Å². The Bertz CT molecular complexity index is 957. The van der Waals surface area contributed by atoms with Gasteiger partial charge in [-0.3, -0.25) is 0 Å². The number of esters is 1. The number of hydrogen-bond donors (Lipinski definition) is 0.